The average Bonchev–Trinajstić information content (AvgIpc) is 3.79. The predicted octanol–water partition coefficient (Wildman–Crippen LogP) is 2.87. The molecular formula is C33H47N3O11S2. The molecule has 2 saturated heterocycles. The molecule has 0 radical (unpaired) electrons. The number of aliphatic hydroxyl groups excluding tert-OH is 1. The van der Waals surface area contributed by atoms with Crippen LogP contribution < -0.4 is 14.2 Å². The van der Waals surface area contributed by atoms with Crippen LogP contribution in [0.3, 0.4) is 0 Å². The van der Waals surface area contributed by atoms with Gasteiger partial charge in [-0.3, -0.25) is 4.90 Å². The van der Waals surface area contributed by atoms with E-state index in [1.54, 1.807) is 6.92 Å². The monoisotopic (exact) mass is 725 g/mol. The van der Waals surface area contributed by atoms with Gasteiger partial charge in [0.1, 0.15) is 0 Å². The van der Waals surface area contributed by atoms with Gasteiger partial charge in [-0.2, -0.15) is 4.31 Å². The Balaban J connectivity index is 1.47. The van der Waals surface area contributed by atoms with Crippen LogP contribution in [0.4, 0.5) is 4.79 Å². The standard InChI is InChI=1S/C33H47N3O11S2/c1-4-16-48(40,41)34-14-13-33(2,3)21-35(49(42,43)24-10-11-29-30(18-24)47-22-46-29)19-28(37)26(17-23-8-6-5-7-9-23)36(32(38)39)27-20-45-31-25(27)12-15-44-31/h5-11,18,25-28,31,34,37H,4,12-17,19-22H2,1-3H3,(H,38,39)/t25-,26-,27-,28+,31+/m0/s1. The van der Waals surface area contributed by atoms with Crippen molar-refractivity contribution in [2.45, 2.75) is 75.8 Å². The van der Waals surface area contributed by atoms with Crippen molar-refractivity contribution in [3.05, 3.63) is 54.1 Å². The highest BCUT2D eigenvalue weighted by atomic mass is 32.2. The fourth-order valence-corrected chi connectivity index (χ4v) is 9.50. The molecule has 3 aliphatic heterocycles. The molecule has 0 aliphatic carbocycles. The van der Waals surface area contributed by atoms with Crippen molar-refractivity contribution in [1.29, 1.82) is 0 Å². The van der Waals surface area contributed by atoms with Crippen LogP contribution in [0.25, 0.3) is 0 Å². The van der Waals surface area contributed by atoms with Gasteiger partial charge >= 0.3 is 6.09 Å². The van der Waals surface area contributed by atoms with Gasteiger partial charge in [0.2, 0.25) is 26.8 Å². The highest BCUT2D eigenvalue weighted by molar-refractivity contribution is 7.89. The van der Waals surface area contributed by atoms with E-state index >= 15 is 0 Å². The number of sulfonamides is 2. The van der Waals surface area contributed by atoms with Crippen LogP contribution in [0, 0.1) is 11.3 Å². The Morgan fingerprint density at radius 1 is 1.06 bits per heavy atom. The van der Waals surface area contributed by atoms with Gasteiger partial charge in [-0.15, -0.1) is 0 Å². The fraction of sp³-hybridized carbons (Fsp3) is 0.606. The number of hydrogen-bond donors (Lipinski definition) is 3. The molecule has 2 aromatic rings. The van der Waals surface area contributed by atoms with Crippen LogP contribution in [0.5, 0.6) is 11.5 Å². The summed E-state index contributed by atoms with van der Waals surface area (Å²) in [7, 11) is -7.79. The summed E-state index contributed by atoms with van der Waals surface area (Å²) >= 11 is 0. The van der Waals surface area contributed by atoms with E-state index in [0.29, 0.717) is 25.2 Å². The number of hydrogen-bond acceptors (Lipinski definition) is 10. The Kier molecular flexibility index (Phi) is 11.8. The van der Waals surface area contributed by atoms with Gasteiger partial charge in [-0.1, -0.05) is 51.1 Å². The maximum Gasteiger partial charge on any atom is 0.407 e. The summed E-state index contributed by atoms with van der Waals surface area (Å²) in [5, 5.41) is 22.6. The number of nitrogens with zero attached hydrogens (tertiary/aromatic N) is 2. The lowest BCUT2D eigenvalue weighted by Gasteiger charge is -2.40. The summed E-state index contributed by atoms with van der Waals surface area (Å²) in [5.41, 5.74) is -0.00622. The summed E-state index contributed by atoms with van der Waals surface area (Å²) in [6, 6.07) is 11.7. The summed E-state index contributed by atoms with van der Waals surface area (Å²) in [5.74, 6) is 0.413. The number of aliphatic hydroxyl groups is 1. The van der Waals surface area contributed by atoms with E-state index in [1.165, 1.54) is 23.1 Å². The number of benzene rings is 2. The molecule has 2 aromatic carbocycles. The van der Waals surface area contributed by atoms with E-state index in [2.05, 4.69) is 4.72 Å². The quantitative estimate of drug-likeness (QED) is 0.218. The molecule has 16 heteroatoms. The van der Waals surface area contributed by atoms with Crippen LogP contribution in [-0.2, 0) is 35.9 Å². The molecule has 49 heavy (non-hydrogen) atoms. The van der Waals surface area contributed by atoms with Crippen molar-refractivity contribution < 1.29 is 50.8 Å². The number of amides is 1. The van der Waals surface area contributed by atoms with Crippen LogP contribution >= 0.6 is 0 Å². The summed E-state index contributed by atoms with van der Waals surface area (Å²) in [6.07, 6.45) is -1.82. The zero-order chi connectivity index (χ0) is 35.4. The second-order valence-corrected chi connectivity index (χ2v) is 17.4. The smallest absolute Gasteiger partial charge is 0.407 e. The summed E-state index contributed by atoms with van der Waals surface area (Å²) < 4.78 is 79.4. The van der Waals surface area contributed by atoms with E-state index in [4.69, 9.17) is 18.9 Å². The van der Waals surface area contributed by atoms with Crippen LogP contribution in [0.1, 0.15) is 45.6 Å². The minimum absolute atomic E-state index is 0.0210. The van der Waals surface area contributed by atoms with Gasteiger partial charge in [-0.05, 0) is 48.8 Å². The molecule has 3 N–H and O–H groups in total. The predicted molar refractivity (Wildman–Crippen MR) is 179 cm³/mol. The maximum absolute atomic E-state index is 14.4. The minimum Gasteiger partial charge on any atom is -0.465 e. The van der Waals surface area contributed by atoms with E-state index < -0.39 is 62.6 Å². The van der Waals surface area contributed by atoms with Crippen LogP contribution in [-0.4, -0.2) is 112 Å². The van der Waals surface area contributed by atoms with Crippen LogP contribution in [0.2, 0.25) is 0 Å². The molecule has 0 unspecified atom stereocenters. The highest BCUT2D eigenvalue weighted by Crippen LogP contribution is 2.38. The van der Waals surface area contributed by atoms with Gasteiger partial charge < -0.3 is 29.2 Å². The van der Waals surface area contributed by atoms with Gasteiger partial charge in [0.05, 0.1) is 42.0 Å². The van der Waals surface area contributed by atoms with E-state index in [-0.39, 0.29) is 61.6 Å². The molecule has 3 heterocycles. The van der Waals surface area contributed by atoms with Crippen molar-refractivity contribution >= 4 is 26.1 Å². The zero-order valence-electron chi connectivity index (χ0n) is 28.1. The second kappa shape index (κ2) is 15.5. The summed E-state index contributed by atoms with van der Waals surface area (Å²) in [4.78, 5) is 14.1. The van der Waals surface area contributed by atoms with Crippen molar-refractivity contribution in [3.63, 3.8) is 0 Å². The van der Waals surface area contributed by atoms with Gasteiger partial charge in [0.25, 0.3) is 0 Å². The summed E-state index contributed by atoms with van der Waals surface area (Å²) in [6.45, 7) is 5.40. The first kappa shape index (κ1) is 37.3. The van der Waals surface area contributed by atoms with E-state index in [0.717, 1.165) is 9.87 Å². The normalized spacial score (nSPS) is 21.9. The lowest BCUT2D eigenvalue weighted by Crippen LogP contribution is -2.58. The molecule has 0 spiro atoms. The van der Waals surface area contributed by atoms with Crippen molar-refractivity contribution in [2.24, 2.45) is 11.3 Å². The average molecular weight is 726 g/mol. The Labute approximate surface area is 288 Å². The maximum atomic E-state index is 14.4. The lowest BCUT2D eigenvalue weighted by molar-refractivity contribution is -0.0906. The second-order valence-electron chi connectivity index (χ2n) is 13.5. The van der Waals surface area contributed by atoms with Crippen molar-refractivity contribution in [2.75, 3.05) is 45.4 Å². The molecule has 5 rings (SSSR count). The molecule has 3 aliphatic rings. The molecule has 14 nitrogen and oxygen atoms in total. The number of fused-ring (bicyclic) bond motifs is 2. The van der Waals surface area contributed by atoms with E-state index in [9.17, 15) is 31.8 Å². The minimum atomic E-state index is -4.31. The number of nitrogens with one attached hydrogen (secondary N) is 1. The molecule has 1 amide bonds. The number of ether oxygens (including phenoxy) is 4. The van der Waals surface area contributed by atoms with Crippen LogP contribution in [0.15, 0.2) is 53.4 Å². The lowest BCUT2D eigenvalue weighted by atomic mass is 9.89. The van der Waals surface area contributed by atoms with Gasteiger partial charge in [0, 0.05) is 31.6 Å². The Morgan fingerprint density at radius 2 is 1.80 bits per heavy atom. The van der Waals surface area contributed by atoms with Gasteiger partial charge in [-0.25, -0.2) is 26.4 Å². The Bertz CT molecular complexity index is 1660. The molecule has 2 fully saturated rings. The number of carboxylic acid groups (broad SMARTS) is 1. The SMILES string of the molecule is CCCS(=O)(=O)NCCC(C)(C)CN(C[C@@H](O)[C@H](Cc1ccccc1)N(C(=O)O)[C@H]1CO[C@H]2OCC[C@H]21)S(=O)(=O)c1ccc2c(c1)OCO2. The molecule has 5 atom stereocenters. The van der Waals surface area contributed by atoms with Crippen molar-refractivity contribution in [1.82, 2.24) is 13.9 Å². The zero-order valence-corrected chi connectivity index (χ0v) is 29.7. The Morgan fingerprint density at radius 3 is 2.51 bits per heavy atom. The first-order valence-electron chi connectivity index (χ1n) is 16.5. The topological polar surface area (TPSA) is 181 Å². The third-order valence-corrected chi connectivity index (χ3v) is 12.6. The molecule has 0 aromatic heterocycles. The number of carbonyl (C=O) groups is 1. The third-order valence-electron chi connectivity index (χ3n) is 9.25. The Hall–Kier alpha value is -2.99. The molecule has 0 saturated carbocycles. The fourth-order valence-electron chi connectivity index (χ4n) is 6.74. The highest BCUT2D eigenvalue weighted by Gasteiger charge is 2.49. The molecular weight excluding hydrogens is 679 g/mol. The first-order valence-corrected chi connectivity index (χ1v) is 19.6. The van der Waals surface area contributed by atoms with Gasteiger partial charge in [0.15, 0.2) is 17.8 Å². The largest absolute Gasteiger partial charge is 0.465 e. The third kappa shape index (κ3) is 9.03. The molecule has 272 valence electrons. The number of rotatable bonds is 17. The molecule has 0 bridgehead atoms. The van der Waals surface area contributed by atoms with Crippen molar-refractivity contribution in [3.8, 4) is 11.5 Å². The van der Waals surface area contributed by atoms with E-state index in [1.807, 2.05) is 44.2 Å². The first-order chi connectivity index (χ1) is 23.2.